The molecule has 13 heteroatoms. The van der Waals surface area contributed by atoms with Gasteiger partial charge in [-0.2, -0.15) is 0 Å². The largest absolute Gasteiger partial charge is 0.497 e. The molecular formula is C18H16N6O5S2. The van der Waals surface area contributed by atoms with E-state index in [1.165, 1.54) is 18.2 Å². The molecule has 0 unspecified atom stereocenters. The van der Waals surface area contributed by atoms with Crippen LogP contribution in [0.3, 0.4) is 0 Å². The minimum Gasteiger partial charge on any atom is -0.497 e. The molecule has 1 aromatic heterocycles. The van der Waals surface area contributed by atoms with E-state index in [9.17, 15) is 19.7 Å². The van der Waals surface area contributed by atoms with Gasteiger partial charge in [-0.25, -0.2) is 4.79 Å². The predicted octanol–water partition coefficient (Wildman–Crippen LogP) is 3.83. The van der Waals surface area contributed by atoms with Crippen LogP contribution in [0.25, 0.3) is 0 Å². The van der Waals surface area contributed by atoms with Crippen molar-refractivity contribution in [3.63, 3.8) is 0 Å². The van der Waals surface area contributed by atoms with Gasteiger partial charge in [0.05, 0.1) is 17.8 Å². The van der Waals surface area contributed by atoms with Gasteiger partial charge < -0.3 is 15.4 Å². The Labute approximate surface area is 184 Å². The molecule has 3 rings (SSSR count). The number of nitro groups is 1. The number of carbonyl (C=O) groups excluding carboxylic acids is 2. The van der Waals surface area contributed by atoms with E-state index in [2.05, 4.69) is 26.1 Å². The minimum absolute atomic E-state index is 0.0232. The Kier molecular flexibility index (Phi) is 7.35. The first-order valence-electron chi connectivity index (χ1n) is 8.65. The molecule has 0 aliphatic rings. The molecule has 0 aliphatic carbocycles. The van der Waals surface area contributed by atoms with Gasteiger partial charge >= 0.3 is 6.03 Å². The number of benzene rings is 2. The lowest BCUT2D eigenvalue weighted by atomic mass is 10.3. The summed E-state index contributed by atoms with van der Waals surface area (Å²) in [6.07, 6.45) is 0. The van der Waals surface area contributed by atoms with Gasteiger partial charge in [0.15, 0.2) is 4.34 Å². The molecule has 160 valence electrons. The standard InChI is InChI=1S/C18H16N6O5S2/c1-29-14-7-5-11(6-8-14)20-16(26)21-17-22-23-18(31-17)30-10-15(25)19-12-3-2-4-13(9-12)24(27)28/h2-9H,10H2,1H3,(H,19,25)(H2,20,21,22,26). The molecule has 1 heterocycles. The van der Waals surface area contributed by atoms with E-state index in [1.807, 2.05) is 0 Å². The third-order valence-corrected chi connectivity index (χ3v) is 5.61. The van der Waals surface area contributed by atoms with Crippen LogP contribution in [0.15, 0.2) is 52.9 Å². The highest BCUT2D eigenvalue weighted by Crippen LogP contribution is 2.26. The third kappa shape index (κ3) is 6.65. The SMILES string of the molecule is COc1ccc(NC(=O)Nc2nnc(SCC(=O)Nc3cccc([N+](=O)[O-])c3)s2)cc1. The summed E-state index contributed by atoms with van der Waals surface area (Å²) in [6.45, 7) is 0. The number of aromatic nitrogens is 2. The van der Waals surface area contributed by atoms with Crippen molar-refractivity contribution in [2.24, 2.45) is 0 Å². The number of carbonyl (C=O) groups is 2. The van der Waals surface area contributed by atoms with Gasteiger partial charge in [0, 0.05) is 23.5 Å². The molecule has 31 heavy (non-hydrogen) atoms. The lowest BCUT2D eigenvalue weighted by Crippen LogP contribution is -2.19. The number of thioether (sulfide) groups is 1. The van der Waals surface area contributed by atoms with E-state index >= 15 is 0 Å². The topological polar surface area (TPSA) is 148 Å². The number of methoxy groups -OCH3 is 1. The van der Waals surface area contributed by atoms with Crippen molar-refractivity contribution in [1.29, 1.82) is 0 Å². The fourth-order valence-corrected chi connectivity index (χ4v) is 3.82. The molecule has 0 atom stereocenters. The summed E-state index contributed by atoms with van der Waals surface area (Å²) in [5, 5.41) is 26.7. The van der Waals surface area contributed by atoms with Crippen LogP contribution in [0.4, 0.5) is 27.0 Å². The Morgan fingerprint density at radius 2 is 1.87 bits per heavy atom. The second kappa shape index (κ2) is 10.4. The number of nitro benzene ring substituents is 1. The highest BCUT2D eigenvalue weighted by molar-refractivity contribution is 8.01. The number of rotatable bonds is 8. The number of urea groups is 1. The fraction of sp³-hybridized carbons (Fsp3) is 0.111. The first-order chi connectivity index (χ1) is 14.9. The van der Waals surface area contributed by atoms with Gasteiger partial charge in [0.2, 0.25) is 11.0 Å². The van der Waals surface area contributed by atoms with E-state index in [0.29, 0.717) is 21.5 Å². The average molecular weight is 460 g/mol. The highest BCUT2D eigenvalue weighted by atomic mass is 32.2. The van der Waals surface area contributed by atoms with Crippen molar-refractivity contribution in [1.82, 2.24) is 10.2 Å². The summed E-state index contributed by atoms with van der Waals surface area (Å²) in [4.78, 5) is 34.4. The number of non-ortho nitro benzene ring substituents is 1. The van der Waals surface area contributed by atoms with E-state index in [0.717, 1.165) is 23.1 Å². The molecule has 0 aliphatic heterocycles. The summed E-state index contributed by atoms with van der Waals surface area (Å²) in [5.74, 6) is 0.341. The minimum atomic E-state index is -0.537. The number of ether oxygens (including phenoxy) is 1. The lowest BCUT2D eigenvalue weighted by molar-refractivity contribution is -0.384. The van der Waals surface area contributed by atoms with Crippen LogP contribution in [0.2, 0.25) is 0 Å². The van der Waals surface area contributed by atoms with Gasteiger partial charge in [-0.3, -0.25) is 20.2 Å². The molecule has 0 fully saturated rings. The molecule has 0 radical (unpaired) electrons. The van der Waals surface area contributed by atoms with E-state index in [-0.39, 0.29) is 22.5 Å². The van der Waals surface area contributed by atoms with Gasteiger partial charge in [-0.1, -0.05) is 29.2 Å². The number of nitrogens with zero attached hydrogens (tertiary/aromatic N) is 3. The van der Waals surface area contributed by atoms with Gasteiger partial charge in [0.25, 0.3) is 5.69 Å². The van der Waals surface area contributed by atoms with Crippen LogP contribution in [0.5, 0.6) is 5.75 Å². The molecule has 11 nitrogen and oxygen atoms in total. The number of hydrogen-bond donors (Lipinski definition) is 3. The summed E-state index contributed by atoms with van der Waals surface area (Å²) < 4.78 is 5.54. The molecule has 3 N–H and O–H groups in total. The molecule has 0 bridgehead atoms. The molecule has 0 spiro atoms. The quantitative estimate of drug-likeness (QED) is 0.199. The van der Waals surface area contributed by atoms with Gasteiger partial charge in [0.1, 0.15) is 5.75 Å². The van der Waals surface area contributed by atoms with Crippen molar-refractivity contribution in [3.05, 3.63) is 58.6 Å². The monoisotopic (exact) mass is 460 g/mol. The zero-order valence-electron chi connectivity index (χ0n) is 16.0. The van der Waals surface area contributed by atoms with Crippen molar-refractivity contribution in [3.8, 4) is 5.75 Å². The maximum atomic E-state index is 12.1. The predicted molar refractivity (Wildman–Crippen MR) is 118 cm³/mol. The lowest BCUT2D eigenvalue weighted by Gasteiger charge is -2.05. The van der Waals surface area contributed by atoms with Crippen molar-refractivity contribution >= 4 is 57.2 Å². The van der Waals surface area contributed by atoms with Crippen LogP contribution in [-0.2, 0) is 4.79 Å². The first-order valence-corrected chi connectivity index (χ1v) is 10.5. The van der Waals surface area contributed by atoms with Crippen molar-refractivity contribution < 1.29 is 19.2 Å². The number of anilines is 3. The van der Waals surface area contributed by atoms with Gasteiger partial charge in [-0.15, -0.1) is 10.2 Å². The Morgan fingerprint density at radius 1 is 1.10 bits per heavy atom. The van der Waals surface area contributed by atoms with Crippen LogP contribution in [0.1, 0.15) is 0 Å². The number of hydrogen-bond acceptors (Lipinski definition) is 9. The smallest absolute Gasteiger partial charge is 0.325 e. The van der Waals surface area contributed by atoms with Gasteiger partial charge in [-0.05, 0) is 30.3 Å². The molecule has 2 aromatic carbocycles. The molecule has 3 amide bonds. The Morgan fingerprint density at radius 3 is 2.58 bits per heavy atom. The highest BCUT2D eigenvalue weighted by Gasteiger charge is 2.12. The summed E-state index contributed by atoms with van der Waals surface area (Å²) >= 11 is 2.24. The Hall–Kier alpha value is -3.71. The normalized spacial score (nSPS) is 10.2. The molecule has 3 aromatic rings. The first kappa shape index (κ1) is 22.0. The molecular weight excluding hydrogens is 444 g/mol. The Bertz CT molecular complexity index is 1090. The van der Waals surface area contributed by atoms with Crippen LogP contribution < -0.4 is 20.7 Å². The van der Waals surface area contributed by atoms with E-state index in [1.54, 1.807) is 37.4 Å². The van der Waals surface area contributed by atoms with Crippen molar-refractivity contribution in [2.45, 2.75) is 4.34 Å². The number of nitrogens with one attached hydrogen (secondary N) is 3. The van der Waals surface area contributed by atoms with E-state index < -0.39 is 11.0 Å². The fourth-order valence-electron chi connectivity index (χ4n) is 2.27. The summed E-state index contributed by atoms with van der Waals surface area (Å²) in [5.41, 5.74) is 0.795. The Balaban J connectivity index is 1.46. The van der Waals surface area contributed by atoms with E-state index in [4.69, 9.17) is 4.74 Å². The van der Waals surface area contributed by atoms with Crippen LogP contribution >= 0.6 is 23.1 Å². The molecule has 0 saturated carbocycles. The van der Waals surface area contributed by atoms with Crippen molar-refractivity contribution in [2.75, 3.05) is 28.8 Å². The zero-order chi connectivity index (χ0) is 22.2. The average Bonchev–Trinajstić information content (AvgIpc) is 3.20. The third-order valence-electron chi connectivity index (χ3n) is 3.64. The number of amides is 3. The zero-order valence-corrected chi connectivity index (χ0v) is 17.7. The maximum Gasteiger partial charge on any atom is 0.325 e. The summed E-state index contributed by atoms with van der Waals surface area (Å²) in [6, 6.07) is 12.0. The maximum absolute atomic E-state index is 12.1. The summed E-state index contributed by atoms with van der Waals surface area (Å²) in [7, 11) is 1.55. The second-order valence-electron chi connectivity index (χ2n) is 5.83. The molecule has 0 saturated heterocycles. The van der Waals surface area contributed by atoms with Crippen LogP contribution in [-0.4, -0.2) is 39.9 Å². The van der Waals surface area contributed by atoms with Crippen LogP contribution in [0, 0.1) is 10.1 Å². The second-order valence-corrected chi connectivity index (χ2v) is 8.03.